The third kappa shape index (κ3) is 4.27. The Labute approximate surface area is 176 Å². The van der Waals surface area contributed by atoms with Gasteiger partial charge in [-0.2, -0.15) is 0 Å². The summed E-state index contributed by atoms with van der Waals surface area (Å²) < 4.78 is 17.4. The molecule has 1 amide bonds. The summed E-state index contributed by atoms with van der Waals surface area (Å²) in [4.78, 5) is 26.7. The standard InChI is InChI=1S/C24H27NO5/c1-16(26)18-6-3-7-20(14-18)30-17(2)24(27)25-11-4-8-21(25)19-9-10-22-23(15-19)29-13-5-12-28-22/h3,6-7,9-10,14-15,17,21H,4-5,8,11-13H2,1-2H3/t17-,21+/m0/s1. The van der Waals surface area contributed by atoms with Gasteiger partial charge in [-0.1, -0.05) is 18.2 Å². The lowest BCUT2D eigenvalue weighted by molar-refractivity contribution is -0.138. The molecular weight excluding hydrogens is 382 g/mol. The van der Waals surface area contributed by atoms with Crippen molar-refractivity contribution in [3.8, 4) is 17.2 Å². The minimum atomic E-state index is -0.645. The van der Waals surface area contributed by atoms with Crippen molar-refractivity contribution in [3.63, 3.8) is 0 Å². The second-order valence-electron chi connectivity index (χ2n) is 7.79. The highest BCUT2D eigenvalue weighted by Gasteiger charge is 2.34. The summed E-state index contributed by atoms with van der Waals surface area (Å²) in [5, 5.41) is 0. The summed E-state index contributed by atoms with van der Waals surface area (Å²) in [6, 6.07) is 12.9. The molecule has 158 valence electrons. The van der Waals surface area contributed by atoms with E-state index in [1.807, 2.05) is 23.1 Å². The zero-order valence-corrected chi connectivity index (χ0v) is 17.4. The fraction of sp³-hybridized carbons (Fsp3) is 0.417. The summed E-state index contributed by atoms with van der Waals surface area (Å²) in [6.07, 6.45) is 2.06. The Hall–Kier alpha value is -3.02. The number of hydrogen-bond donors (Lipinski definition) is 0. The number of rotatable bonds is 5. The molecule has 6 nitrogen and oxygen atoms in total. The van der Waals surface area contributed by atoms with Gasteiger partial charge in [0.05, 0.1) is 19.3 Å². The molecule has 2 aromatic carbocycles. The van der Waals surface area contributed by atoms with Crippen molar-refractivity contribution in [1.82, 2.24) is 4.90 Å². The van der Waals surface area contributed by atoms with E-state index in [-0.39, 0.29) is 17.7 Å². The molecule has 1 saturated heterocycles. The first-order chi connectivity index (χ1) is 14.5. The predicted molar refractivity (Wildman–Crippen MR) is 112 cm³/mol. The van der Waals surface area contributed by atoms with Gasteiger partial charge in [0, 0.05) is 18.5 Å². The van der Waals surface area contributed by atoms with Gasteiger partial charge in [0.25, 0.3) is 5.91 Å². The Morgan fingerprint density at radius 2 is 1.87 bits per heavy atom. The molecule has 0 N–H and O–H groups in total. The van der Waals surface area contributed by atoms with Crippen molar-refractivity contribution >= 4 is 11.7 Å². The number of likely N-dealkylation sites (tertiary alicyclic amines) is 1. The maximum absolute atomic E-state index is 13.2. The molecule has 0 aliphatic carbocycles. The number of benzene rings is 2. The van der Waals surface area contributed by atoms with E-state index in [9.17, 15) is 9.59 Å². The average Bonchev–Trinajstić information content (AvgIpc) is 3.11. The summed E-state index contributed by atoms with van der Waals surface area (Å²) in [7, 11) is 0. The van der Waals surface area contributed by atoms with E-state index >= 15 is 0 Å². The first kappa shape index (κ1) is 20.3. The van der Waals surface area contributed by atoms with Crippen LogP contribution in [0.3, 0.4) is 0 Å². The van der Waals surface area contributed by atoms with Gasteiger partial charge in [0.2, 0.25) is 0 Å². The van der Waals surface area contributed by atoms with Crippen LogP contribution in [0, 0.1) is 0 Å². The quantitative estimate of drug-likeness (QED) is 0.693. The molecule has 0 unspecified atom stereocenters. The third-order valence-corrected chi connectivity index (χ3v) is 5.59. The van der Waals surface area contributed by atoms with E-state index in [0.717, 1.165) is 36.3 Å². The fourth-order valence-corrected chi connectivity index (χ4v) is 4.04. The van der Waals surface area contributed by atoms with Crippen LogP contribution in [0.4, 0.5) is 0 Å². The first-order valence-electron chi connectivity index (χ1n) is 10.5. The molecule has 4 rings (SSSR count). The topological polar surface area (TPSA) is 65.1 Å². The highest BCUT2D eigenvalue weighted by atomic mass is 16.5. The van der Waals surface area contributed by atoms with Gasteiger partial charge in [0.15, 0.2) is 23.4 Å². The summed E-state index contributed by atoms with van der Waals surface area (Å²) in [6.45, 7) is 5.25. The molecule has 2 aliphatic rings. The largest absolute Gasteiger partial charge is 0.490 e. The van der Waals surface area contributed by atoms with E-state index in [1.54, 1.807) is 31.2 Å². The molecule has 0 spiro atoms. The minimum Gasteiger partial charge on any atom is -0.490 e. The molecule has 1 fully saturated rings. The van der Waals surface area contributed by atoms with Crippen LogP contribution in [-0.4, -0.2) is 42.5 Å². The van der Waals surface area contributed by atoms with Gasteiger partial charge in [-0.25, -0.2) is 0 Å². The number of hydrogen-bond acceptors (Lipinski definition) is 5. The highest BCUT2D eigenvalue weighted by Crippen LogP contribution is 2.38. The lowest BCUT2D eigenvalue weighted by atomic mass is 10.0. The molecule has 6 heteroatoms. The number of amides is 1. The minimum absolute atomic E-state index is 0.00995. The smallest absolute Gasteiger partial charge is 0.263 e. The van der Waals surface area contributed by atoms with Crippen LogP contribution in [0.2, 0.25) is 0 Å². The second kappa shape index (κ2) is 8.78. The lowest BCUT2D eigenvalue weighted by Gasteiger charge is -2.28. The van der Waals surface area contributed by atoms with Crippen molar-refractivity contribution in [2.75, 3.05) is 19.8 Å². The Morgan fingerprint density at radius 3 is 2.67 bits per heavy atom. The SMILES string of the molecule is CC(=O)c1cccc(O[C@@H](C)C(=O)N2CCC[C@@H]2c2ccc3c(c2)OCCCO3)c1. The fourth-order valence-electron chi connectivity index (χ4n) is 4.04. The van der Waals surface area contributed by atoms with Crippen molar-refractivity contribution in [2.45, 2.75) is 45.3 Å². The summed E-state index contributed by atoms with van der Waals surface area (Å²) >= 11 is 0. The Bertz CT molecular complexity index is 941. The number of nitrogens with zero attached hydrogens (tertiary/aromatic N) is 1. The van der Waals surface area contributed by atoms with Crippen molar-refractivity contribution in [1.29, 1.82) is 0 Å². The van der Waals surface area contributed by atoms with E-state index in [1.165, 1.54) is 6.92 Å². The number of Topliss-reactive ketones (excluding diaryl/α,β-unsaturated/α-hetero) is 1. The second-order valence-corrected chi connectivity index (χ2v) is 7.79. The lowest BCUT2D eigenvalue weighted by Crippen LogP contribution is -2.40. The number of carbonyl (C=O) groups excluding carboxylic acids is 2. The van der Waals surface area contributed by atoms with E-state index in [0.29, 0.717) is 31.1 Å². The zero-order valence-electron chi connectivity index (χ0n) is 17.4. The molecule has 2 atom stereocenters. The van der Waals surface area contributed by atoms with Crippen LogP contribution in [-0.2, 0) is 4.79 Å². The molecule has 2 aromatic rings. The van der Waals surface area contributed by atoms with Gasteiger partial charge in [-0.15, -0.1) is 0 Å². The maximum atomic E-state index is 13.2. The average molecular weight is 409 g/mol. The van der Waals surface area contributed by atoms with E-state index < -0.39 is 6.10 Å². The third-order valence-electron chi connectivity index (χ3n) is 5.59. The van der Waals surface area contributed by atoms with Gasteiger partial charge in [-0.3, -0.25) is 9.59 Å². The molecule has 0 aromatic heterocycles. The summed E-state index contributed by atoms with van der Waals surface area (Å²) in [5.74, 6) is 1.94. The van der Waals surface area contributed by atoms with Crippen LogP contribution < -0.4 is 14.2 Å². The molecule has 30 heavy (non-hydrogen) atoms. The van der Waals surface area contributed by atoms with Crippen molar-refractivity contribution < 1.29 is 23.8 Å². The van der Waals surface area contributed by atoms with Crippen LogP contribution in [0.5, 0.6) is 17.2 Å². The van der Waals surface area contributed by atoms with Crippen LogP contribution in [0.15, 0.2) is 42.5 Å². The van der Waals surface area contributed by atoms with Gasteiger partial charge >= 0.3 is 0 Å². The van der Waals surface area contributed by atoms with Crippen LogP contribution in [0.1, 0.15) is 55.1 Å². The predicted octanol–water partition coefficient (Wildman–Crippen LogP) is 4.18. The van der Waals surface area contributed by atoms with E-state index in [4.69, 9.17) is 14.2 Å². The molecule has 2 aliphatic heterocycles. The summed E-state index contributed by atoms with van der Waals surface area (Å²) in [5.41, 5.74) is 1.62. The Morgan fingerprint density at radius 1 is 1.07 bits per heavy atom. The normalized spacial score (nSPS) is 19.1. The van der Waals surface area contributed by atoms with E-state index in [2.05, 4.69) is 0 Å². The molecule has 2 heterocycles. The molecule has 0 radical (unpaired) electrons. The number of ketones is 1. The maximum Gasteiger partial charge on any atom is 0.263 e. The zero-order chi connectivity index (χ0) is 21.1. The number of ether oxygens (including phenoxy) is 3. The van der Waals surface area contributed by atoms with Gasteiger partial charge in [-0.05, 0) is 56.5 Å². The molecular formula is C24H27NO5. The highest BCUT2D eigenvalue weighted by molar-refractivity contribution is 5.94. The monoisotopic (exact) mass is 409 g/mol. The first-order valence-corrected chi connectivity index (χ1v) is 10.5. The van der Waals surface area contributed by atoms with Crippen molar-refractivity contribution in [2.24, 2.45) is 0 Å². The Kier molecular flexibility index (Phi) is 5.93. The molecule has 0 bridgehead atoms. The number of carbonyl (C=O) groups is 2. The van der Waals surface area contributed by atoms with Gasteiger partial charge < -0.3 is 19.1 Å². The van der Waals surface area contributed by atoms with Crippen molar-refractivity contribution in [3.05, 3.63) is 53.6 Å². The Balaban J connectivity index is 1.49. The van der Waals surface area contributed by atoms with Gasteiger partial charge in [0.1, 0.15) is 5.75 Å². The number of fused-ring (bicyclic) bond motifs is 1. The van der Waals surface area contributed by atoms with Crippen LogP contribution in [0.25, 0.3) is 0 Å². The van der Waals surface area contributed by atoms with Crippen LogP contribution >= 0.6 is 0 Å². The molecule has 0 saturated carbocycles.